The molecule has 3 nitrogen and oxygen atoms in total. The minimum atomic E-state index is 0.234. The number of nitrogens with zero attached hydrogens (tertiary/aromatic N) is 1. The first-order valence-electron chi connectivity index (χ1n) is 5.09. The molecule has 0 aliphatic carbocycles. The van der Waals surface area contributed by atoms with Crippen LogP contribution < -0.4 is 0 Å². The van der Waals surface area contributed by atoms with Gasteiger partial charge in [-0.15, -0.1) is 0 Å². The van der Waals surface area contributed by atoms with Crippen LogP contribution in [0.5, 0.6) is 0 Å². The lowest BCUT2D eigenvalue weighted by molar-refractivity contribution is -0.119. The number of carbonyl (C=O) groups excluding carboxylic acids is 1. The van der Waals surface area contributed by atoms with Gasteiger partial charge in [0.1, 0.15) is 5.78 Å². The minimum absolute atomic E-state index is 0.234. The van der Waals surface area contributed by atoms with Crippen LogP contribution in [0.25, 0.3) is 0 Å². The van der Waals surface area contributed by atoms with Crippen molar-refractivity contribution in [1.29, 1.82) is 0 Å². The number of ketones is 1. The van der Waals surface area contributed by atoms with Gasteiger partial charge < -0.3 is 10.0 Å². The second-order valence-corrected chi connectivity index (χ2v) is 3.15. The predicted molar refractivity (Wildman–Crippen MR) is 53.7 cm³/mol. The van der Waals surface area contributed by atoms with Crippen molar-refractivity contribution in [2.45, 2.75) is 33.1 Å². The van der Waals surface area contributed by atoms with E-state index < -0.39 is 0 Å². The molecule has 0 aliphatic rings. The number of Topliss-reactive ketones (excluding diaryl/α,β-unsaturated/α-hetero) is 1. The zero-order valence-electron chi connectivity index (χ0n) is 8.75. The van der Waals surface area contributed by atoms with Gasteiger partial charge in [-0.1, -0.05) is 13.8 Å². The van der Waals surface area contributed by atoms with Crippen molar-refractivity contribution in [1.82, 2.24) is 4.90 Å². The summed E-state index contributed by atoms with van der Waals surface area (Å²) >= 11 is 0. The summed E-state index contributed by atoms with van der Waals surface area (Å²) in [5, 5.41) is 8.64. The molecule has 0 spiro atoms. The maximum absolute atomic E-state index is 11.0. The monoisotopic (exact) mass is 187 g/mol. The van der Waals surface area contributed by atoms with Crippen LogP contribution >= 0.6 is 0 Å². The standard InChI is InChI=1S/C10H21NO2/c1-3-10(13)6-8-11(4-2)7-5-9-12/h12H,3-9H2,1-2H3. The first-order valence-corrected chi connectivity index (χ1v) is 5.09. The summed E-state index contributed by atoms with van der Waals surface area (Å²) in [5.41, 5.74) is 0. The molecule has 0 saturated carbocycles. The van der Waals surface area contributed by atoms with Crippen molar-refractivity contribution in [2.75, 3.05) is 26.2 Å². The molecule has 0 aromatic heterocycles. The molecular weight excluding hydrogens is 166 g/mol. The first kappa shape index (κ1) is 12.6. The van der Waals surface area contributed by atoms with Gasteiger partial charge in [0.05, 0.1) is 0 Å². The molecule has 3 heteroatoms. The van der Waals surface area contributed by atoms with Crippen LogP contribution in [0.1, 0.15) is 33.1 Å². The van der Waals surface area contributed by atoms with Crippen LogP contribution in [-0.2, 0) is 4.79 Å². The zero-order chi connectivity index (χ0) is 10.1. The largest absolute Gasteiger partial charge is 0.396 e. The Kier molecular flexibility index (Phi) is 7.94. The van der Waals surface area contributed by atoms with Crippen LogP contribution in [0.15, 0.2) is 0 Å². The SMILES string of the molecule is CCC(=O)CCN(CC)CCCO. The fraction of sp³-hybridized carbons (Fsp3) is 0.900. The molecule has 0 radical (unpaired) electrons. The normalized spacial score (nSPS) is 10.8. The van der Waals surface area contributed by atoms with Gasteiger partial charge in [-0.2, -0.15) is 0 Å². The summed E-state index contributed by atoms with van der Waals surface area (Å²) in [6.07, 6.45) is 2.08. The summed E-state index contributed by atoms with van der Waals surface area (Å²) in [6.45, 7) is 6.89. The van der Waals surface area contributed by atoms with Crippen molar-refractivity contribution < 1.29 is 9.90 Å². The van der Waals surface area contributed by atoms with Crippen molar-refractivity contribution in [3.63, 3.8) is 0 Å². The van der Waals surface area contributed by atoms with E-state index in [2.05, 4.69) is 11.8 Å². The van der Waals surface area contributed by atoms with Gasteiger partial charge in [-0.3, -0.25) is 4.79 Å². The Morgan fingerprint density at radius 1 is 1.31 bits per heavy atom. The predicted octanol–water partition coefficient (Wildman–Crippen LogP) is 1.06. The van der Waals surface area contributed by atoms with E-state index in [1.165, 1.54) is 0 Å². The lowest BCUT2D eigenvalue weighted by Crippen LogP contribution is -2.27. The molecule has 0 aromatic carbocycles. The number of carbonyl (C=O) groups is 1. The van der Waals surface area contributed by atoms with E-state index in [0.29, 0.717) is 18.6 Å². The molecule has 0 aromatic rings. The number of aliphatic hydroxyl groups excluding tert-OH is 1. The summed E-state index contributed by atoms with van der Waals surface area (Å²) in [5.74, 6) is 0.322. The Balaban J connectivity index is 3.52. The number of rotatable bonds is 8. The smallest absolute Gasteiger partial charge is 0.133 e. The highest BCUT2D eigenvalue weighted by molar-refractivity contribution is 5.78. The van der Waals surface area contributed by atoms with Crippen LogP contribution in [-0.4, -0.2) is 42.0 Å². The van der Waals surface area contributed by atoms with Gasteiger partial charge in [-0.05, 0) is 13.0 Å². The molecule has 0 atom stereocenters. The molecule has 13 heavy (non-hydrogen) atoms. The summed E-state index contributed by atoms with van der Waals surface area (Å²) < 4.78 is 0. The van der Waals surface area contributed by atoms with Gasteiger partial charge in [0.15, 0.2) is 0 Å². The second kappa shape index (κ2) is 8.20. The van der Waals surface area contributed by atoms with Crippen molar-refractivity contribution in [3.05, 3.63) is 0 Å². The van der Waals surface area contributed by atoms with Gasteiger partial charge in [0, 0.05) is 32.5 Å². The molecule has 0 heterocycles. The van der Waals surface area contributed by atoms with E-state index in [-0.39, 0.29) is 6.61 Å². The van der Waals surface area contributed by atoms with E-state index >= 15 is 0 Å². The highest BCUT2D eigenvalue weighted by Crippen LogP contribution is 1.96. The molecule has 0 bridgehead atoms. The number of hydrogen-bond donors (Lipinski definition) is 1. The van der Waals surface area contributed by atoms with E-state index in [9.17, 15) is 4.79 Å². The Morgan fingerprint density at radius 3 is 2.46 bits per heavy atom. The van der Waals surface area contributed by atoms with E-state index in [0.717, 1.165) is 26.1 Å². The Hall–Kier alpha value is -0.410. The molecule has 0 amide bonds. The van der Waals surface area contributed by atoms with Crippen molar-refractivity contribution in [3.8, 4) is 0 Å². The third kappa shape index (κ3) is 6.72. The molecule has 0 saturated heterocycles. The summed E-state index contributed by atoms with van der Waals surface area (Å²) in [7, 11) is 0. The van der Waals surface area contributed by atoms with Gasteiger partial charge >= 0.3 is 0 Å². The summed E-state index contributed by atoms with van der Waals surface area (Å²) in [4.78, 5) is 13.2. The summed E-state index contributed by atoms with van der Waals surface area (Å²) in [6, 6.07) is 0. The molecule has 0 rings (SSSR count). The fourth-order valence-electron chi connectivity index (χ4n) is 1.18. The molecular formula is C10H21NO2. The third-order valence-electron chi connectivity index (χ3n) is 2.18. The average molecular weight is 187 g/mol. The van der Waals surface area contributed by atoms with E-state index in [1.807, 2.05) is 6.92 Å². The van der Waals surface area contributed by atoms with Crippen LogP contribution in [0.2, 0.25) is 0 Å². The topological polar surface area (TPSA) is 40.5 Å². The molecule has 78 valence electrons. The fourth-order valence-corrected chi connectivity index (χ4v) is 1.18. The number of hydrogen-bond acceptors (Lipinski definition) is 3. The van der Waals surface area contributed by atoms with Gasteiger partial charge in [0.2, 0.25) is 0 Å². The molecule has 0 aliphatic heterocycles. The van der Waals surface area contributed by atoms with Gasteiger partial charge in [-0.25, -0.2) is 0 Å². The lowest BCUT2D eigenvalue weighted by atomic mass is 10.2. The Morgan fingerprint density at radius 2 is 2.00 bits per heavy atom. The lowest BCUT2D eigenvalue weighted by Gasteiger charge is -2.18. The maximum atomic E-state index is 11.0. The van der Waals surface area contributed by atoms with E-state index in [1.54, 1.807) is 0 Å². The van der Waals surface area contributed by atoms with Crippen LogP contribution in [0.3, 0.4) is 0 Å². The quantitative estimate of drug-likeness (QED) is 0.617. The third-order valence-corrected chi connectivity index (χ3v) is 2.18. The van der Waals surface area contributed by atoms with E-state index in [4.69, 9.17) is 5.11 Å². The second-order valence-electron chi connectivity index (χ2n) is 3.15. The molecule has 0 fully saturated rings. The van der Waals surface area contributed by atoms with Crippen molar-refractivity contribution in [2.24, 2.45) is 0 Å². The highest BCUT2D eigenvalue weighted by Gasteiger charge is 2.04. The minimum Gasteiger partial charge on any atom is -0.396 e. The molecule has 1 N–H and O–H groups in total. The number of aliphatic hydroxyl groups is 1. The van der Waals surface area contributed by atoms with Gasteiger partial charge in [0.25, 0.3) is 0 Å². The highest BCUT2D eigenvalue weighted by atomic mass is 16.3. The van der Waals surface area contributed by atoms with Crippen LogP contribution in [0.4, 0.5) is 0 Å². The molecule has 0 unspecified atom stereocenters. The Labute approximate surface area is 80.7 Å². The van der Waals surface area contributed by atoms with Crippen molar-refractivity contribution >= 4 is 5.78 Å². The zero-order valence-corrected chi connectivity index (χ0v) is 8.75. The Bertz CT molecular complexity index is 137. The van der Waals surface area contributed by atoms with Crippen LogP contribution in [0, 0.1) is 0 Å². The maximum Gasteiger partial charge on any atom is 0.133 e. The first-order chi connectivity index (χ1) is 6.24. The average Bonchev–Trinajstić information content (AvgIpc) is 2.17.